The van der Waals surface area contributed by atoms with E-state index in [0.717, 1.165) is 12.1 Å². The van der Waals surface area contributed by atoms with Crippen molar-refractivity contribution in [1.82, 2.24) is 5.16 Å². The van der Waals surface area contributed by atoms with Crippen molar-refractivity contribution < 1.29 is 27.2 Å². The minimum Gasteiger partial charge on any atom is -0.458 e. The molecular weight excluding hydrogens is 311 g/mol. The maximum atomic E-state index is 12.5. The summed E-state index contributed by atoms with van der Waals surface area (Å²) in [6, 6.07) is 4.32. The quantitative estimate of drug-likeness (QED) is 0.800. The topological polar surface area (TPSA) is 52.3 Å². The molecule has 2 rings (SSSR count). The van der Waals surface area contributed by atoms with Crippen molar-refractivity contribution >= 4 is 17.6 Å². The number of aromatic nitrogens is 1. The van der Waals surface area contributed by atoms with Gasteiger partial charge in [0.2, 0.25) is 0 Å². The van der Waals surface area contributed by atoms with Gasteiger partial charge in [-0.1, -0.05) is 28.9 Å². The number of ether oxygens (including phenoxy) is 1. The fourth-order valence-electron chi connectivity index (χ4n) is 1.57. The molecule has 0 aliphatic heterocycles. The molecule has 0 aliphatic rings. The van der Waals surface area contributed by atoms with Crippen molar-refractivity contribution in [3.8, 4) is 11.3 Å². The third kappa shape index (κ3) is 3.55. The van der Waals surface area contributed by atoms with Crippen LogP contribution >= 0.6 is 11.6 Å². The van der Waals surface area contributed by atoms with E-state index in [1.54, 1.807) is 0 Å². The molecule has 0 N–H and O–H groups in total. The zero-order valence-corrected chi connectivity index (χ0v) is 11.5. The molecule has 112 valence electrons. The molecule has 0 bridgehead atoms. The molecule has 0 spiro atoms. The van der Waals surface area contributed by atoms with Gasteiger partial charge in [-0.25, -0.2) is 0 Å². The third-order valence-corrected chi connectivity index (χ3v) is 2.98. The second kappa shape index (κ2) is 5.77. The summed E-state index contributed by atoms with van der Waals surface area (Å²) >= 11 is 6.00. The van der Waals surface area contributed by atoms with Gasteiger partial charge in [-0.2, -0.15) is 13.2 Å². The van der Waals surface area contributed by atoms with E-state index in [0.29, 0.717) is 5.56 Å². The summed E-state index contributed by atoms with van der Waals surface area (Å²) in [6.07, 6.45) is -4.41. The Morgan fingerprint density at radius 2 is 1.95 bits per heavy atom. The van der Waals surface area contributed by atoms with Gasteiger partial charge >= 0.3 is 12.1 Å². The Morgan fingerprint density at radius 3 is 2.48 bits per heavy atom. The van der Waals surface area contributed by atoms with Gasteiger partial charge in [0.05, 0.1) is 5.56 Å². The van der Waals surface area contributed by atoms with Crippen LogP contribution < -0.4 is 0 Å². The summed E-state index contributed by atoms with van der Waals surface area (Å²) in [4.78, 5) is 10.7. The first-order valence-electron chi connectivity index (χ1n) is 5.74. The molecule has 0 unspecified atom stereocenters. The van der Waals surface area contributed by atoms with Crippen LogP contribution in [0.1, 0.15) is 18.2 Å². The molecular formula is C13H9ClF3NO3. The number of alkyl halides is 3. The first-order chi connectivity index (χ1) is 9.79. The second-order valence-electron chi connectivity index (χ2n) is 4.12. The molecule has 0 saturated heterocycles. The lowest BCUT2D eigenvalue weighted by Gasteiger charge is -2.06. The molecule has 0 fully saturated rings. The van der Waals surface area contributed by atoms with Crippen LogP contribution in [0.5, 0.6) is 0 Å². The molecule has 0 radical (unpaired) electrons. The molecule has 1 aromatic carbocycles. The Morgan fingerprint density at radius 1 is 1.33 bits per heavy atom. The molecule has 0 atom stereocenters. The highest BCUT2D eigenvalue weighted by Gasteiger charge is 2.30. The Kier molecular flexibility index (Phi) is 4.22. The molecule has 2 aromatic rings. The summed E-state index contributed by atoms with van der Waals surface area (Å²) in [5, 5.41) is 3.77. The first kappa shape index (κ1) is 15.4. The van der Waals surface area contributed by atoms with Crippen LogP contribution in [-0.4, -0.2) is 11.1 Å². The van der Waals surface area contributed by atoms with Crippen molar-refractivity contribution in [1.29, 1.82) is 0 Å². The molecule has 1 aromatic heterocycles. The van der Waals surface area contributed by atoms with Crippen LogP contribution in [0.2, 0.25) is 5.02 Å². The number of rotatable bonds is 3. The van der Waals surface area contributed by atoms with Crippen molar-refractivity contribution in [2.75, 3.05) is 0 Å². The van der Waals surface area contributed by atoms with E-state index in [1.165, 1.54) is 19.1 Å². The number of hydrogen-bond donors (Lipinski definition) is 0. The van der Waals surface area contributed by atoms with Gasteiger partial charge < -0.3 is 9.26 Å². The molecule has 0 saturated carbocycles. The maximum absolute atomic E-state index is 12.5. The van der Waals surface area contributed by atoms with Gasteiger partial charge in [-0.05, 0) is 12.1 Å². The van der Waals surface area contributed by atoms with E-state index in [9.17, 15) is 18.0 Å². The van der Waals surface area contributed by atoms with E-state index in [2.05, 4.69) is 5.16 Å². The summed E-state index contributed by atoms with van der Waals surface area (Å²) in [5.74, 6) is -0.389. The average molecular weight is 320 g/mol. The smallest absolute Gasteiger partial charge is 0.416 e. The lowest BCUT2D eigenvalue weighted by Crippen LogP contribution is -2.04. The Hall–Kier alpha value is -2.02. The highest BCUT2D eigenvalue weighted by Crippen LogP contribution is 2.34. The van der Waals surface area contributed by atoms with Crippen LogP contribution in [0.3, 0.4) is 0 Å². The maximum Gasteiger partial charge on any atom is 0.416 e. The number of esters is 1. The third-order valence-electron chi connectivity index (χ3n) is 2.59. The highest BCUT2D eigenvalue weighted by atomic mass is 35.5. The minimum absolute atomic E-state index is 0.0935. The lowest BCUT2D eigenvalue weighted by molar-refractivity contribution is -0.142. The standard InChI is InChI=1S/C13H9ClF3NO3/c1-7(19)20-6-10-11(14)12(18-21-10)8-2-4-9(5-3-8)13(15,16)17/h2-5H,6H2,1H3. The largest absolute Gasteiger partial charge is 0.458 e. The predicted molar refractivity (Wildman–Crippen MR) is 67.4 cm³/mol. The Balaban J connectivity index is 2.24. The zero-order chi connectivity index (χ0) is 15.6. The van der Waals surface area contributed by atoms with Gasteiger partial charge in [0.25, 0.3) is 0 Å². The monoisotopic (exact) mass is 319 g/mol. The first-order valence-corrected chi connectivity index (χ1v) is 6.12. The van der Waals surface area contributed by atoms with Crippen molar-refractivity contribution in [3.63, 3.8) is 0 Å². The van der Waals surface area contributed by atoms with E-state index >= 15 is 0 Å². The second-order valence-corrected chi connectivity index (χ2v) is 4.50. The van der Waals surface area contributed by atoms with E-state index in [-0.39, 0.29) is 23.1 Å². The summed E-state index contributed by atoms with van der Waals surface area (Å²) in [7, 11) is 0. The number of halogens is 4. The summed E-state index contributed by atoms with van der Waals surface area (Å²) in [5.41, 5.74) is -0.218. The molecule has 21 heavy (non-hydrogen) atoms. The Labute approximate surface area is 122 Å². The van der Waals surface area contributed by atoms with E-state index in [4.69, 9.17) is 20.9 Å². The molecule has 4 nitrogen and oxygen atoms in total. The summed E-state index contributed by atoms with van der Waals surface area (Å²) in [6.45, 7) is 1.03. The number of carbonyl (C=O) groups is 1. The van der Waals surface area contributed by atoms with Crippen LogP contribution in [0.25, 0.3) is 11.3 Å². The van der Waals surface area contributed by atoms with Crippen molar-refractivity contribution in [3.05, 3.63) is 40.6 Å². The van der Waals surface area contributed by atoms with Gasteiger partial charge in [-0.3, -0.25) is 4.79 Å². The normalized spacial score (nSPS) is 11.5. The molecule has 0 amide bonds. The van der Waals surface area contributed by atoms with Gasteiger partial charge in [0, 0.05) is 12.5 Å². The SMILES string of the molecule is CC(=O)OCc1onc(-c2ccc(C(F)(F)F)cc2)c1Cl. The van der Waals surface area contributed by atoms with Crippen molar-refractivity contribution in [2.24, 2.45) is 0 Å². The van der Waals surface area contributed by atoms with Crippen LogP contribution in [0.15, 0.2) is 28.8 Å². The van der Waals surface area contributed by atoms with E-state index in [1.807, 2.05) is 0 Å². The number of nitrogens with zero attached hydrogens (tertiary/aromatic N) is 1. The van der Waals surface area contributed by atoms with Gasteiger partial charge in [0.1, 0.15) is 10.7 Å². The van der Waals surface area contributed by atoms with E-state index < -0.39 is 17.7 Å². The average Bonchev–Trinajstić information content (AvgIpc) is 2.77. The molecule has 8 heteroatoms. The van der Waals surface area contributed by atoms with Crippen LogP contribution in [-0.2, 0) is 22.3 Å². The van der Waals surface area contributed by atoms with Crippen LogP contribution in [0, 0.1) is 0 Å². The Bertz CT molecular complexity index is 650. The zero-order valence-electron chi connectivity index (χ0n) is 10.7. The summed E-state index contributed by atoms with van der Waals surface area (Å²) < 4.78 is 47.1. The number of benzene rings is 1. The fraction of sp³-hybridized carbons (Fsp3) is 0.231. The van der Waals surface area contributed by atoms with Gasteiger partial charge in [-0.15, -0.1) is 0 Å². The fourth-order valence-corrected chi connectivity index (χ4v) is 1.80. The highest BCUT2D eigenvalue weighted by molar-refractivity contribution is 6.33. The minimum atomic E-state index is -4.41. The number of carbonyl (C=O) groups excluding carboxylic acids is 1. The van der Waals surface area contributed by atoms with Gasteiger partial charge in [0.15, 0.2) is 12.4 Å². The lowest BCUT2D eigenvalue weighted by atomic mass is 10.1. The predicted octanol–water partition coefficient (Wildman–Crippen LogP) is 4.08. The van der Waals surface area contributed by atoms with Crippen molar-refractivity contribution in [2.45, 2.75) is 19.7 Å². The molecule has 1 heterocycles. The number of hydrogen-bond acceptors (Lipinski definition) is 4. The van der Waals surface area contributed by atoms with Crippen LogP contribution in [0.4, 0.5) is 13.2 Å². The molecule has 0 aliphatic carbocycles.